The molecule has 2 aromatic rings. The van der Waals surface area contributed by atoms with Crippen LogP contribution in [0.25, 0.3) is 0 Å². The summed E-state index contributed by atoms with van der Waals surface area (Å²) in [5.74, 6) is -1.60. The van der Waals surface area contributed by atoms with Crippen LogP contribution in [-0.4, -0.2) is 23.5 Å². The van der Waals surface area contributed by atoms with Gasteiger partial charge in [0.15, 0.2) is 0 Å². The van der Waals surface area contributed by atoms with Crippen molar-refractivity contribution in [2.24, 2.45) is 0 Å². The monoisotopic (exact) mass is 346 g/mol. The zero-order valence-corrected chi connectivity index (χ0v) is 14.2. The smallest absolute Gasteiger partial charge is 0.313 e. The second-order valence-electron chi connectivity index (χ2n) is 5.58. The van der Waals surface area contributed by atoms with Gasteiger partial charge in [-0.2, -0.15) is 0 Å². The zero-order valence-electron chi connectivity index (χ0n) is 13.5. The molecule has 2 rings (SSSR count). The van der Waals surface area contributed by atoms with Crippen molar-refractivity contribution in [3.8, 4) is 0 Å². The van der Waals surface area contributed by atoms with Crippen LogP contribution in [0.1, 0.15) is 22.8 Å². The average Bonchev–Trinajstić information content (AvgIpc) is 2.51. The summed E-state index contributed by atoms with van der Waals surface area (Å²) in [6, 6.07) is 12.3. The van der Waals surface area contributed by atoms with Gasteiger partial charge >= 0.3 is 11.8 Å². The van der Waals surface area contributed by atoms with Gasteiger partial charge in [0.05, 0.1) is 6.10 Å². The minimum Gasteiger partial charge on any atom is -0.387 e. The number of benzene rings is 2. The number of aryl methyl sites for hydroxylation is 2. The first-order valence-electron chi connectivity index (χ1n) is 7.47. The SMILES string of the molecule is Cc1cc(C)cc(NC(=O)C(=O)NCC(O)c2ccccc2Cl)c1. The second kappa shape index (κ2) is 7.95. The second-order valence-corrected chi connectivity index (χ2v) is 5.99. The fraction of sp³-hybridized carbons (Fsp3) is 0.222. The number of nitrogens with one attached hydrogen (secondary N) is 2. The average molecular weight is 347 g/mol. The number of anilines is 1. The van der Waals surface area contributed by atoms with E-state index >= 15 is 0 Å². The van der Waals surface area contributed by atoms with E-state index in [1.54, 1.807) is 36.4 Å². The molecule has 0 saturated heterocycles. The lowest BCUT2D eigenvalue weighted by molar-refractivity contribution is -0.136. The van der Waals surface area contributed by atoms with Crippen LogP contribution >= 0.6 is 11.6 Å². The largest absolute Gasteiger partial charge is 0.387 e. The van der Waals surface area contributed by atoms with Crippen LogP contribution in [0.15, 0.2) is 42.5 Å². The number of rotatable bonds is 4. The highest BCUT2D eigenvalue weighted by molar-refractivity contribution is 6.39. The van der Waals surface area contributed by atoms with Gasteiger partial charge in [0, 0.05) is 22.8 Å². The molecule has 0 aliphatic carbocycles. The Kier molecular flexibility index (Phi) is 5.95. The Morgan fingerprint density at radius 2 is 1.71 bits per heavy atom. The number of hydrogen-bond donors (Lipinski definition) is 3. The number of aliphatic hydroxyl groups excluding tert-OH is 1. The molecule has 5 nitrogen and oxygen atoms in total. The molecule has 126 valence electrons. The van der Waals surface area contributed by atoms with Crippen molar-refractivity contribution in [3.63, 3.8) is 0 Å². The van der Waals surface area contributed by atoms with E-state index < -0.39 is 17.9 Å². The molecule has 0 spiro atoms. The third-order valence-corrected chi connectivity index (χ3v) is 3.75. The van der Waals surface area contributed by atoms with Gasteiger partial charge in [0.1, 0.15) is 0 Å². The Balaban J connectivity index is 1.92. The normalized spacial score (nSPS) is 11.7. The van der Waals surface area contributed by atoms with Crippen LogP contribution < -0.4 is 10.6 Å². The molecule has 2 amide bonds. The molecule has 1 unspecified atom stereocenters. The van der Waals surface area contributed by atoms with Crippen molar-refractivity contribution >= 4 is 29.1 Å². The van der Waals surface area contributed by atoms with Crippen molar-refractivity contribution in [1.29, 1.82) is 0 Å². The number of hydrogen-bond acceptors (Lipinski definition) is 3. The number of amides is 2. The Hall–Kier alpha value is -2.37. The first-order chi connectivity index (χ1) is 11.4. The van der Waals surface area contributed by atoms with Crippen LogP contribution in [0.2, 0.25) is 5.02 Å². The maximum atomic E-state index is 11.9. The predicted octanol–water partition coefficient (Wildman–Crippen LogP) is 2.75. The molecule has 0 aliphatic rings. The van der Waals surface area contributed by atoms with E-state index in [-0.39, 0.29) is 6.54 Å². The fourth-order valence-electron chi connectivity index (χ4n) is 2.36. The van der Waals surface area contributed by atoms with E-state index in [9.17, 15) is 14.7 Å². The number of carbonyl (C=O) groups is 2. The van der Waals surface area contributed by atoms with Crippen molar-refractivity contribution in [2.45, 2.75) is 20.0 Å². The van der Waals surface area contributed by atoms with Crippen LogP contribution in [-0.2, 0) is 9.59 Å². The lowest BCUT2D eigenvalue weighted by Crippen LogP contribution is -2.37. The summed E-state index contributed by atoms with van der Waals surface area (Å²) in [5.41, 5.74) is 3.02. The van der Waals surface area contributed by atoms with Gasteiger partial charge in [0.2, 0.25) is 0 Å². The van der Waals surface area contributed by atoms with Crippen molar-refractivity contribution in [2.75, 3.05) is 11.9 Å². The Morgan fingerprint density at radius 1 is 1.08 bits per heavy atom. The van der Waals surface area contributed by atoms with Crippen LogP contribution in [0.4, 0.5) is 5.69 Å². The molecular weight excluding hydrogens is 328 g/mol. The summed E-state index contributed by atoms with van der Waals surface area (Å²) in [6.07, 6.45) is -0.989. The van der Waals surface area contributed by atoms with E-state index in [0.29, 0.717) is 16.3 Å². The minimum atomic E-state index is -0.989. The molecule has 2 aromatic carbocycles. The van der Waals surface area contributed by atoms with Gasteiger partial charge < -0.3 is 15.7 Å². The van der Waals surface area contributed by atoms with E-state index in [4.69, 9.17) is 11.6 Å². The molecule has 0 aromatic heterocycles. The zero-order chi connectivity index (χ0) is 17.7. The van der Waals surface area contributed by atoms with Crippen LogP contribution in [0, 0.1) is 13.8 Å². The van der Waals surface area contributed by atoms with Gasteiger partial charge in [-0.1, -0.05) is 35.9 Å². The van der Waals surface area contributed by atoms with E-state index in [2.05, 4.69) is 10.6 Å². The van der Waals surface area contributed by atoms with Gasteiger partial charge in [-0.3, -0.25) is 9.59 Å². The molecular formula is C18H19ClN2O3. The molecule has 0 aliphatic heterocycles. The van der Waals surface area contributed by atoms with E-state index in [1.165, 1.54) is 0 Å². The highest BCUT2D eigenvalue weighted by Gasteiger charge is 2.17. The van der Waals surface area contributed by atoms with Crippen molar-refractivity contribution in [3.05, 3.63) is 64.2 Å². The number of halogens is 1. The lowest BCUT2D eigenvalue weighted by atomic mass is 10.1. The molecule has 0 radical (unpaired) electrons. The van der Waals surface area contributed by atoms with Crippen molar-refractivity contribution in [1.82, 2.24) is 5.32 Å². The van der Waals surface area contributed by atoms with Gasteiger partial charge in [-0.05, 0) is 43.2 Å². The molecule has 0 saturated carbocycles. The van der Waals surface area contributed by atoms with Crippen molar-refractivity contribution < 1.29 is 14.7 Å². The third-order valence-electron chi connectivity index (χ3n) is 3.41. The molecule has 6 heteroatoms. The topological polar surface area (TPSA) is 78.4 Å². The minimum absolute atomic E-state index is 0.108. The van der Waals surface area contributed by atoms with Gasteiger partial charge in [0.25, 0.3) is 0 Å². The van der Waals surface area contributed by atoms with Crippen LogP contribution in [0.5, 0.6) is 0 Å². The Bertz CT molecular complexity index is 741. The number of carbonyl (C=O) groups excluding carboxylic acids is 2. The maximum absolute atomic E-state index is 11.9. The standard InChI is InChI=1S/C18H19ClN2O3/c1-11-7-12(2)9-13(8-11)21-18(24)17(23)20-10-16(22)14-5-3-4-6-15(14)19/h3-9,16,22H,10H2,1-2H3,(H,20,23)(H,21,24). The van der Waals surface area contributed by atoms with Gasteiger partial charge in [-0.25, -0.2) is 0 Å². The first-order valence-corrected chi connectivity index (χ1v) is 7.84. The summed E-state index contributed by atoms with van der Waals surface area (Å²) >= 11 is 5.98. The Morgan fingerprint density at radius 3 is 2.33 bits per heavy atom. The number of aliphatic hydroxyl groups is 1. The molecule has 0 fully saturated rings. The predicted molar refractivity (Wildman–Crippen MR) is 94.0 cm³/mol. The summed E-state index contributed by atoms with van der Waals surface area (Å²) < 4.78 is 0. The van der Waals surface area contributed by atoms with E-state index in [0.717, 1.165) is 11.1 Å². The highest BCUT2D eigenvalue weighted by atomic mass is 35.5. The maximum Gasteiger partial charge on any atom is 0.313 e. The molecule has 1 atom stereocenters. The summed E-state index contributed by atoms with van der Waals surface area (Å²) in [6.45, 7) is 3.70. The quantitative estimate of drug-likeness (QED) is 0.745. The van der Waals surface area contributed by atoms with E-state index in [1.807, 2.05) is 19.9 Å². The summed E-state index contributed by atoms with van der Waals surface area (Å²) in [4.78, 5) is 23.8. The van der Waals surface area contributed by atoms with Crippen LogP contribution in [0.3, 0.4) is 0 Å². The Labute approximate surface area is 145 Å². The third kappa shape index (κ3) is 4.81. The summed E-state index contributed by atoms with van der Waals surface area (Å²) in [5, 5.41) is 15.4. The first kappa shape index (κ1) is 18.0. The summed E-state index contributed by atoms with van der Waals surface area (Å²) in [7, 11) is 0. The molecule has 0 bridgehead atoms. The lowest BCUT2D eigenvalue weighted by Gasteiger charge is -2.13. The molecule has 24 heavy (non-hydrogen) atoms. The fourth-order valence-corrected chi connectivity index (χ4v) is 2.62. The highest BCUT2D eigenvalue weighted by Crippen LogP contribution is 2.21. The molecule has 0 heterocycles. The molecule has 3 N–H and O–H groups in total. The van der Waals surface area contributed by atoms with Gasteiger partial charge in [-0.15, -0.1) is 0 Å².